The summed E-state index contributed by atoms with van der Waals surface area (Å²) >= 11 is 6.17. The molecule has 2 atom stereocenters. The minimum atomic E-state index is 0.0834. The maximum absolute atomic E-state index is 12.2. The largest absolute Gasteiger partial charge is 0.349 e. The summed E-state index contributed by atoms with van der Waals surface area (Å²) in [5.41, 5.74) is 2.38. The van der Waals surface area contributed by atoms with Crippen molar-refractivity contribution in [2.24, 2.45) is 0 Å². The molecule has 0 saturated carbocycles. The third-order valence-electron chi connectivity index (χ3n) is 4.03. The van der Waals surface area contributed by atoms with Gasteiger partial charge in [-0.2, -0.15) is 0 Å². The number of likely N-dealkylation sites (N-methyl/N-ethyl adjacent to an activating group) is 1. The average Bonchev–Trinajstić information content (AvgIpc) is 2.56. The highest BCUT2D eigenvalue weighted by molar-refractivity contribution is 6.31. The molecule has 1 unspecified atom stereocenters. The number of quaternary nitrogens is 1. The van der Waals surface area contributed by atoms with Gasteiger partial charge in [0.1, 0.15) is 6.54 Å². The summed E-state index contributed by atoms with van der Waals surface area (Å²) in [5.74, 6) is 0.0834. The minimum Gasteiger partial charge on any atom is -0.349 e. The Hall–Kier alpha value is -1.84. The summed E-state index contributed by atoms with van der Waals surface area (Å²) in [6, 6.07) is 18.3. The molecule has 0 aliphatic carbocycles. The van der Waals surface area contributed by atoms with E-state index >= 15 is 0 Å². The van der Waals surface area contributed by atoms with Crippen molar-refractivity contribution in [1.29, 1.82) is 0 Å². The van der Waals surface area contributed by atoms with E-state index in [2.05, 4.69) is 24.4 Å². The molecule has 0 radical (unpaired) electrons. The molecule has 2 N–H and O–H groups in total. The number of carbonyl (C=O) groups is 1. The second-order valence-electron chi connectivity index (χ2n) is 6.39. The molecule has 0 heterocycles. The van der Waals surface area contributed by atoms with Gasteiger partial charge in [0.2, 0.25) is 0 Å². The summed E-state index contributed by atoms with van der Waals surface area (Å²) in [7, 11) is 2.01. The highest BCUT2D eigenvalue weighted by Gasteiger charge is 2.14. The molecular weight excluding hydrogens is 320 g/mol. The molecule has 0 aliphatic heterocycles. The van der Waals surface area contributed by atoms with E-state index in [0.717, 1.165) is 34.9 Å². The first-order chi connectivity index (χ1) is 11.5. The van der Waals surface area contributed by atoms with Crippen LogP contribution in [0.15, 0.2) is 54.6 Å². The van der Waals surface area contributed by atoms with Crippen LogP contribution in [0, 0.1) is 0 Å². The molecule has 1 amide bonds. The number of amides is 1. The zero-order chi connectivity index (χ0) is 17.4. The fraction of sp³-hybridized carbons (Fsp3) is 0.350. The fourth-order valence-corrected chi connectivity index (χ4v) is 2.93. The van der Waals surface area contributed by atoms with Crippen molar-refractivity contribution in [3.63, 3.8) is 0 Å². The van der Waals surface area contributed by atoms with Crippen LogP contribution in [-0.4, -0.2) is 25.5 Å². The van der Waals surface area contributed by atoms with E-state index in [0.29, 0.717) is 6.54 Å². The third kappa shape index (κ3) is 6.34. The molecule has 2 rings (SSSR count). The second kappa shape index (κ2) is 9.45. The molecule has 0 bridgehead atoms. The average molecular weight is 346 g/mol. The topological polar surface area (TPSA) is 33.5 Å². The van der Waals surface area contributed by atoms with Crippen molar-refractivity contribution in [3.8, 4) is 0 Å². The number of nitrogens with one attached hydrogen (secondary N) is 2. The van der Waals surface area contributed by atoms with Crippen molar-refractivity contribution in [2.75, 3.05) is 13.6 Å². The molecule has 0 spiro atoms. The summed E-state index contributed by atoms with van der Waals surface area (Å²) in [5, 5.41) is 3.85. The van der Waals surface area contributed by atoms with Gasteiger partial charge in [-0.05, 0) is 31.4 Å². The van der Waals surface area contributed by atoms with Gasteiger partial charge >= 0.3 is 0 Å². The van der Waals surface area contributed by atoms with Gasteiger partial charge in [-0.3, -0.25) is 4.79 Å². The molecule has 0 aromatic heterocycles. The molecule has 0 fully saturated rings. The number of aryl methyl sites for hydroxylation is 1. The van der Waals surface area contributed by atoms with Crippen LogP contribution in [-0.2, 0) is 17.8 Å². The lowest BCUT2D eigenvalue weighted by Gasteiger charge is -2.17. The van der Waals surface area contributed by atoms with Crippen molar-refractivity contribution in [2.45, 2.75) is 32.4 Å². The molecular formula is C20H26ClN2O+. The van der Waals surface area contributed by atoms with Gasteiger partial charge < -0.3 is 10.2 Å². The van der Waals surface area contributed by atoms with Crippen LogP contribution in [0.25, 0.3) is 0 Å². The normalized spacial score (nSPS) is 13.3. The van der Waals surface area contributed by atoms with E-state index < -0.39 is 0 Å². The molecule has 3 nitrogen and oxygen atoms in total. The Bertz CT molecular complexity index is 645. The van der Waals surface area contributed by atoms with Crippen LogP contribution in [0.2, 0.25) is 5.02 Å². The molecule has 2 aromatic carbocycles. The summed E-state index contributed by atoms with van der Waals surface area (Å²) in [6.07, 6.45) is 1.92. The monoisotopic (exact) mass is 345 g/mol. The van der Waals surface area contributed by atoms with Gasteiger partial charge in [0.15, 0.2) is 6.54 Å². The lowest BCUT2D eigenvalue weighted by Crippen LogP contribution is -3.09. The quantitative estimate of drug-likeness (QED) is 0.757. The molecule has 2 aromatic rings. The number of rotatable bonds is 8. The van der Waals surface area contributed by atoms with Crippen molar-refractivity contribution in [1.82, 2.24) is 5.32 Å². The first kappa shape index (κ1) is 18.5. The van der Waals surface area contributed by atoms with E-state index in [1.165, 1.54) is 5.56 Å². The number of benzene rings is 2. The molecule has 0 saturated heterocycles. The lowest BCUT2D eigenvalue weighted by atomic mass is 10.1. The molecule has 24 heavy (non-hydrogen) atoms. The zero-order valence-electron chi connectivity index (χ0n) is 14.4. The smallest absolute Gasteiger partial charge is 0.275 e. The van der Waals surface area contributed by atoms with E-state index in [4.69, 9.17) is 11.6 Å². The Labute approximate surface area is 149 Å². The van der Waals surface area contributed by atoms with E-state index in [1.54, 1.807) is 0 Å². The number of halogens is 1. The van der Waals surface area contributed by atoms with Crippen LogP contribution in [0.1, 0.15) is 24.5 Å². The van der Waals surface area contributed by atoms with Crippen molar-refractivity contribution < 1.29 is 9.69 Å². The Morgan fingerprint density at radius 2 is 1.79 bits per heavy atom. The standard InChI is InChI=1S/C20H25ClN2O/c1-16(12-13-17-8-4-3-5-9-17)22-20(24)15-23(2)14-18-10-6-7-11-19(18)21/h3-11,16H,12-15H2,1-2H3,(H,22,24)/p+1/t16-/m1/s1. The Morgan fingerprint density at radius 3 is 2.50 bits per heavy atom. The Morgan fingerprint density at radius 1 is 1.12 bits per heavy atom. The highest BCUT2D eigenvalue weighted by atomic mass is 35.5. The number of carbonyl (C=O) groups excluding carboxylic acids is 1. The Kier molecular flexibility index (Phi) is 7.29. The predicted octanol–water partition coefficient (Wildman–Crippen LogP) is 2.49. The van der Waals surface area contributed by atoms with Crippen molar-refractivity contribution >= 4 is 17.5 Å². The number of hydrogen-bond acceptors (Lipinski definition) is 1. The highest BCUT2D eigenvalue weighted by Crippen LogP contribution is 2.13. The maximum Gasteiger partial charge on any atom is 0.275 e. The first-order valence-electron chi connectivity index (χ1n) is 8.42. The van der Waals surface area contributed by atoms with E-state index in [9.17, 15) is 4.79 Å². The fourth-order valence-electron chi connectivity index (χ4n) is 2.73. The van der Waals surface area contributed by atoms with Gasteiger partial charge in [-0.1, -0.05) is 60.1 Å². The lowest BCUT2D eigenvalue weighted by molar-refractivity contribution is -0.885. The molecule has 4 heteroatoms. The third-order valence-corrected chi connectivity index (χ3v) is 4.40. The van der Waals surface area contributed by atoms with Crippen LogP contribution >= 0.6 is 11.6 Å². The van der Waals surface area contributed by atoms with Gasteiger partial charge in [0.05, 0.1) is 7.05 Å². The van der Waals surface area contributed by atoms with Crippen LogP contribution in [0.3, 0.4) is 0 Å². The van der Waals surface area contributed by atoms with Crippen LogP contribution < -0.4 is 10.2 Å². The number of hydrogen-bond donors (Lipinski definition) is 2. The summed E-state index contributed by atoms with van der Waals surface area (Å²) < 4.78 is 0. The zero-order valence-corrected chi connectivity index (χ0v) is 15.1. The summed E-state index contributed by atoms with van der Waals surface area (Å²) in [4.78, 5) is 13.3. The first-order valence-corrected chi connectivity index (χ1v) is 8.80. The van der Waals surface area contributed by atoms with E-state index in [1.807, 2.05) is 49.5 Å². The van der Waals surface area contributed by atoms with Gasteiger partial charge in [0.25, 0.3) is 5.91 Å². The Balaban J connectivity index is 1.72. The predicted molar refractivity (Wildman–Crippen MR) is 99.3 cm³/mol. The van der Waals surface area contributed by atoms with Crippen molar-refractivity contribution in [3.05, 3.63) is 70.7 Å². The maximum atomic E-state index is 12.2. The van der Waals surface area contributed by atoms with Crippen LogP contribution in [0.5, 0.6) is 0 Å². The molecule has 128 valence electrons. The van der Waals surface area contributed by atoms with Gasteiger partial charge in [-0.25, -0.2) is 0 Å². The van der Waals surface area contributed by atoms with Crippen LogP contribution in [0.4, 0.5) is 0 Å². The molecule has 0 aliphatic rings. The minimum absolute atomic E-state index is 0.0834. The second-order valence-corrected chi connectivity index (χ2v) is 6.80. The van der Waals surface area contributed by atoms with Gasteiger partial charge in [0, 0.05) is 16.6 Å². The van der Waals surface area contributed by atoms with Gasteiger partial charge in [-0.15, -0.1) is 0 Å². The van der Waals surface area contributed by atoms with E-state index in [-0.39, 0.29) is 11.9 Å². The SMILES string of the molecule is C[C@H](CCc1ccccc1)NC(=O)C[NH+](C)Cc1ccccc1Cl. The summed E-state index contributed by atoms with van der Waals surface area (Å²) in [6.45, 7) is 3.25.